The molecule has 0 N–H and O–H groups in total. The number of ketones is 1. The molecular weight excluding hydrogens is 334 g/mol. The molecule has 1 aliphatic carbocycles. The summed E-state index contributed by atoms with van der Waals surface area (Å²) in [6.07, 6.45) is 3.98. The summed E-state index contributed by atoms with van der Waals surface area (Å²) in [5.74, 6) is 2.45. The maximum Gasteiger partial charge on any atom is 0.192 e. The number of thioether (sulfide) groups is 1. The van der Waals surface area contributed by atoms with E-state index < -0.39 is 0 Å². The van der Waals surface area contributed by atoms with E-state index in [2.05, 4.69) is 14.8 Å². The number of carbonyl (C=O) groups excluding carboxylic acids is 1. The van der Waals surface area contributed by atoms with E-state index in [4.69, 9.17) is 4.42 Å². The molecule has 6 heteroatoms. The number of nitrogens with zero attached hydrogens (tertiary/aromatic N) is 3. The van der Waals surface area contributed by atoms with Crippen LogP contribution >= 0.6 is 11.8 Å². The van der Waals surface area contributed by atoms with Gasteiger partial charge in [0.15, 0.2) is 10.9 Å². The highest BCUT2D eigenvalue weighted by Crippen LogP contribution is 2.40. The van der Waals surface area contributed by atoms with Gasteiger partial charge in [0.05, 0.1) is 18.1 Å². The first-order valence-corrected chi connectivity index (χ1v) is 9.31. The van der Waals surface area contributed by atoms with Crippen LogP contribution in [0.3, 0.4) is 0 Å². The molecule has 0 saturated heterocycles. The molecule has 1 aliphatic rings. The van der Waals surface area contributed by atoms with Gasteiger partial charge in [-0.3, -0.25) is 9.36 Å². The Morgan fingerprint density at radius 1 is 1.24 bits per heavy atom. The molecule has 25 heavy (non-hydrogen) atoms. The van der Waals surface area contributed by atoms with Crippen LogP contribution in [0.4, 0.5) is 0 Å². The molecule has 1 saturated carbocycles. The molecule has 1 unspecified atom stereocenters. The normalized spacial score (nSPS) is 15.2. The fraction of sp³-hybridized carbons (Fsp3) is 0.316. The SMILES string of the molecule is CC(Sc1nnc(C2CC2)n1Cc1ccco1)C(=O)c1ccccc1. The highest BCUT2D eigenvalue weighted by atomic mass is 32.2. The summed E-state index contributed by atoms with van der Waals surface area (Å²) in [5.41, 5.74) is 0.724. The van der Waals surface area contributed by atoms with E-state index in [-0.39, 0.29) is 11.0 Å². The van der Waals surface area contributed by atoms with Crippen molar-refractivity contribution in [2.45, 2.75) is 42.6 Å². The van der Waals surface area contributed by atoms with Crippen LogP contribution in [-0.2, 0) is 6.54 Å². The molecular formula is C19H19N3O2S. The van der Waals surface area contributed by atoms with Gasteiger partial charge in [0, 0.05) is 11.5 Å². The number of carbonyl (C=O) groups is 1. The third-order valence-corrected chi connectivity index (χ3v) is 5.37. The molecule has 0 amide bonds. The van der Waals surface area contributed by atoms with Gasteiger partial charge < -0.3 is 4.42 Å². The van der Waals surface area contributed by atoms with Crippen molar-refractivity contribution in [2.75, 3.05) is 0 Å². The molecule has 1 aromatic carbocycles. The Labute approximate surface area is 150 Å². The van der Waals surface area contributed by atoms with Crippen molar-refractivity contribution in [1.82, 2.24) is 14.8 Å². The van der Waals surface area contributed by atoms with Crippen molar-refractivity contribution in [1.29, 1.82) is 0 Å². The van der Waals surface area contributed by atoms with Crippen molar-refractivity contribution in [3.63, 3.8) is 0 Å². The topological polar surface area (TPSA) is 60.9 Å². The first-order chi connectivity index (χ1) is 12.2. The Kier molecular flexibility index (Phi) is 4.44. The average molecular weight is 353 g/mol. The summed E-state index contributed by atoms with van der Waals surface area (Å²) < 4.78 is 7.58. The smallest absolute Gasteiger partial charge is 0.192 e. The van der Waals surface area contributed by atoms with Gasteiger partial charge in [-0.2, -0.15) is 0 Å². The summed E-state index contributed by atoms with van der Waals surface area (Å²) in [4.78, 5) is 12.6. The minimum absolute atomic E-state index is 0.103. The van der Waals surface area contributed by atoms with Gasteiger partial charge in [-0.25, -0.2) is 0 Å². The number of furan rings is 1. The van der Waals surface area contributed by atoms with E-state index in [1.807, 2.05) is 49.4 Å². The number of hydrogen-bond acceptors (Lipinski definition) is 5. The van der Waals surface area contributed by atoms with Crippen molar-refractivity contribution < 1.29 is 9.21 Å². The molecule has 5 nitrogen and oxygen atoms in total. The minimum Gasteiger partial charge on any atom is -0.467 e. The van der Waals surface area contributed by atoms with Crippen LogP contribution in [0, 0.1) is 0 Å². The fourth-order valence-corrected chi connectivity index (χ4v) is 3.72. The van der Waals surface area contributed by atoms with Crippen LogP contribution in [-0.4, -0.2) is 25.8 Å². The fourth-order valence-electron chi connectivity index (χ4n) is 2.79. The lowest BCUT2D eigenvalue weighted by atomic mass is 10.1. The third kappa shape index (κ3) is 3.54. The van der Waals surface area contributed by atoms with Gasteiger partial charge in [-0.1, -0.05) is 42.1 Å². The quantitative estimate of drug-likeness (QED) is 0.471. The Balaban J connectivity index is 1.56. The number of aromatic nitrogens is 3. The molecule has 4 rings (SSSR count). The van der Waals surface area contributed by atoms with Gasteiger partial charge in [0.25, 0.3) is 0 Å². The van der Waals surface area contributed by atoms with Crippen LogP contribution in [0.5, 0.6) is 0 Å². The molecule has 1 fully saturated rings. The lowest BCUT2D eigenvalue weighted by molar-refractivity contribution is 0.0994. The number of benzene rings is 1. The Morgan fingerprint density at radius 3 is 2.72 bits per heavy atom. The first-order valence-electron chi connectivity index (χ1n) is 8.44. The van der Waals surface area contributed by atoms with Crippen molar-refractivity contribution in [3.05, 3.63) is 65.9 Å². The predicted molar refractivity (Wildman–Crippen MR) is 95.9 cm³/mol. The van der Waals surface area contributed by atoms with Crippen LogP contribution in [0.2, 0.25) is 0 Å². The molecule has 2 aromatic heterocycles. The summed E-state index contributed by atoms with van der Waals surface area (Å²) >= 11 is 1.46. The first kappa shape index (κ1) is 16.1. The molecule has 0 spiro atoms. The lowest BCUT2D eigenvalue weighted by Crippen LogP contribution is -2.15. The lowest BCUT2D eigenvalue weighted by Gasteiger charge is -2.12. The zero-order valence-corrected chi connectivity index (χ0v) is 14.8. The molecule has 0 radical (unpaired) electrons. The van der Waals surface area contributed by atoms with Crippen LogP contribution in [0.25, 0.3) is 0 Å². The predicted octanol–water partition coefficient (Wildman–Crippen LogP) is 4.16. The maximum atomic E-state index is 12.6. The van der Waals surface area contributed by atoms with Crippen LogP contribution in [0.15, 0.2) is 58.3 Å². The zero-order chi connectivity index (χ0) is 17.2. The van der Waals surface area contributed by atoms with E-state index in [9.17, 15) is 4.79 Å². The van der Waals surface area contributed by atoms with Crippen molar-refractivity contribution in [3.8, 4) is 0 Å². The van der Waals surface area contributed by atoms with E-state index in [0.717, 1.165) is 35.1 Å². The monoisotopic (exact) mass is 353 g/mol. The van der Waals surface area contributed by atoms with E-state index in [1.54, 1.807) is 6.26 Å². The number of Topliss-reactive ketones (excluding diaryl/α,β-unsaturated/α-hetero) is 1. The van der Waals surface area contributed by atoms with Crippen LogP contribution < -0.4 is 0 Å². The van der Waals surface area contributed by atoms with Gasteiger partial charge in [-0.15, -0.1) is 10.2 Å². The standard InChI is InChI=1S/C19H19N3O2S/c1-13(17(23)14-6-3-2-4-7-14)25-19-21-20-18(15-9-10-15)22(19)12-16-8-5-11-24-16/h2-8,11,13,15H,9-10,12H2,1H3. The number of hydrogen-bond donors (Lipinski definition) is 0. The average Bonchev–Trinajstić information content (AvgIpc) is 3.21. The summed E-state index contributed by atoms with van der Waals surface area (Å²) in [6, 6.07) is 13.2. The minimum atomic E-state index is -0.228. The summed E-state index contributed by atoms with van der Waals surface area (Å²) in [7, 11) is 0. The Bertz CT molecular complexity index is 854. The molecule has 128 valence electrons. The van der Waals surface area contributed by atoms with E-state index >= 15 is 0 Å². The van der Waals surface area contributed by atoms with Crippen molar-refractivity contribution >= 4 is 17.5 Å². The Morgan fingerprint density at radius 2 is 2.04 bits per heavy atom. The molecule has 2 heterocycles. The molecule has 0 aliphatic heterocycles. The number of rotatable bonds is 7. The van der Waals surface area contributed by atoms with Gasteiger partial charge in [0.1, 0.15) is 11.6 Å². The zero-order valence-electron chi connectivity index (χ0n) is 14.0. The Hall–Kier alpha value is -2.34. The highest BCUT2D eigenvalue weighted by Gasteiger charge is 2.31. The molecule has 1 atom stereocenters. The van der Waals surface area contributed by atoms with E-state index in [0.29, 0.717) is 12.5 Å². The second kappa shape index (κ2) is 6.88. The van der Waals surface area contributed by atoms with Gasteiger partial charge in [-0.05, 0) is 31.9 Å². The van der Waals surface area contributed by atoms with Crippen LogP contribution in [0.1, 0.15) is 47.6 Å². The van der Waals surface area contributed by atoms with E-state index in [1.165, 1.54) is 11.8 Å². The third-order valence-electron chi connectivity index (χ3n) is 4.29. The second-order valence-electron chi connectivity index (χ2n) is 6.27. The second-order valence-corrected chi connectivity index (χ2v) is 7.58. The largest absolute Gasteiger partial charge is 0.467 e. The van der Waals surface area contributed by atoms with Gasteiger partial charge in [0.2, 0.25) is 0 Å². The maximum absolute atomic E-state index is 12.6. The summed E-state index contributed by atoms with van der Waals surface area (Å²) in [6.45, 7) is 2.52. The molecule has 3 aromatic rings. The van der Waals surface area contributed by atoms with Crippen molar-refractivity contribution in [2.24, 2.45) is 0 Å². The van der Waals surface area contributed by atoms with Gasteiger partial charge >= 0.3 is 0 Å². The highest BCUT2D eigenvalue weighted by molar-refractivity contribution is 8.00. The summed E-state index contributed by atoms with van der Waals surface area (Å²) in [5, 5.41) is 9.28. The molecule has 0 bridgehead atoms.